The lowest BCUT2D eigenvalue weighted by Gasteiger charge is -2.25. The van der Waals surface area contributed by atoms with Gasteiger partial charge in [0.15, 0.2) is 5.69 Å². The second-order valence-corrected chi connectivity index (χ2v) is 5.26. The average molecular weight is 269 g/mol. The fourth-order valence-electron chi connectivity index (χ4n) is 2.71. The van der Waals surface area contributed by atoms with Crippen molar-refractivity contribution < 1.29 is 4.79 Å². The summed E-state index contributed by atoms with van der Waals surface area (Å²) in [6.07, 6.45) is 3.43. The van der Waals surface area contributed by atoms with Crippen molar-refractivity contribution in [2.75, 3.05) is 13.1 Å². The highest BCUT2D eigenvalue weighted by Crippen LogP contribution is 2.21. The molecule has 0 radical (unpaired) electrons. The summed E-state index contributed by atoms with van der Waals surface area (Å²) < 4.78 is 1.78. The number of rotatable bonds is 2. The van der Waals surface area contributed by atoms with Crippen molar-refractivity contribution in [3.8, 4) is 11.3 Å². The van der Waals surface area contributed by atoms with Crippen LogP contribution in [0.2, 0.25) is 0 Å². The van der Waals surface area contributed by atoms with Gasteiger partial charge in [-0.2, -0.15) is 5.10 Å². The third kappa shape index (κ3) is 2.46. The summed E-state index contributed by atoms with van der Waals surface area (Å²) in [6, 6.07) is 11.9. The summed E-state index contributed by atoms with van der Waals surface area (Å²) in [4.78, 5) is 14.4. The van der Waals surface area contributed by atoms with Crippen molar-refractivity contribution in [1.29, 1.82) is 0 Å². The van der Waals surface area contributed by atoms with Gasteiger partial charge >= 0.3 is 0 Å². The van der Waals surface area contributed by atoms with Gasteiger partial charge in [0.25, 0.3) is 5.91 Å². The molecular weight excluding hydrogens is 250 g/mol. The van der Waals surface area contributed by atoms with E-state index < -0.39 is 0 Å². The van der Waals surface area contributed by atoms with Crippen LogP contribution in [0.1, 0.15) is 29.8 Å². The molecule has 4 nitrogen and oxygen atoms in total. The maximum absolute atomic E-state index is 12.4. The zero-order chi connectivity index (χ0) is 13.9. The Bertz CT molecular complexity index is 597. The van der Waals surface area contributed by atoms with Crippen LogP contribution in [0.4, 0.5) is 0 Å². The molecule has 20 heavy (non-hydrogen) atoms. The van der Waals surface area contributed by atoms with Gasteiger partial charge in [-0.05, 0) is 30.9 Å². The molecule has 0 bridgehead atoms. The summed E-state index contributed by atoms with van der Waals surface area (Å²) in [7, 11) is 1.88. The highest BCUT2D eigenvalue weighted by molar-refractivity contribution is 5.93. The number of aromatic nitrogens is 2. The third-order valence-electron chi connectivity index (χ3n) is 3.81. The van der Waals surface area contributed by atoms with Gasteiger partial charge in [-0.15, -0.1) is 0 Å². The first-order valence-corrected chi connectivity index (χ1v) is 7.14. The molecule has 1 saturated heterocycles. The van der Waals surface area contributed by atoms with E-state index in [-0.39, 0.29) is 5.91 Å². The van der Waals surface area contributed by atoms with Crippen LogP contribution >= 0.6 is 0 Å². The number of benzene rings is 1. The number of carbonyl (C=O) groups excluding carboxylic acids is 1. The molecule has 0 atom stereocenters. The molecule has 0 spiro atoms. The molecule has 2 aromatic rings. The number of aryl methyl sites for hydroxylation is 1. The number of hydrogen-bond donors (Lipinski definition) is 0. The molecule has 104 valence electrons. The van der Waals surface area contributed by atoms with Gasteiger partial charge < -0.3 is 4.90 Å². The second-order valence-electron chi connectivity index (χ2n) is 5.26. The molecular formula is C16H19N3O. The van der Waals surface area contributed by atoms with Crippen LogP contribution in [-0.2, 0) is 7.05 Å². The van der Waals surface area contributed by atoms with Gasteiger partial charge in [0.2, 0.25) is 0 Å². The number of amides is 1. The molecule has 0 aliphatic carbocycles. The van der Waals surface area contributed by atoms with Crippen LogP contribution in [0.3, 0.4) is 0 Å². The van der Waals surface area contributed by atoms with E-state index >= 15 is 0 Å². The predicted octanol–water partition coefficient (Wildman–Crippen LogP) is 2.71. The Balaban J connectivity index is 1.87. The summed E-state index contributed by atoms with van der Waals surface area (Å²) in [5.41, 5.74) is 2.61. The second kappa shape index (κ2) is 5.49. The lowest BCUT2D eigenvalue weighted by atomic mass is 10.1. The van der Waals surface area contributed by atoms with Crippen molar-refractivity contribution in [2.45, 2.75) is 19.3 Å². The number of hydrogen-bond acceptors (Lipinski definition) is 2. The van der Waals surface area contributed by atoms with E-state index in [1.807, 2.05) is 48.3 Å². The molecule has 1 aliphatic rings. The van der Waals surface area contributed by atoms with Gasteiger partial charge in [-0.25, -0.2) is 0 Å². The van der Waals surface area contributed by atoms with E-state index in [2.05, 4.69) is 5.10 Å². The normalized spacial score (nSPS) is 15.3. The molecule has 0 saturated carbocycles. The third-order valence-corrected chi connectivity index (χ3v) is 3.81. The minimum Gasteiger partial charge on any atom is -0.337 e. The number of likely N-dealkylation sites (tertiary alicyclic amines) is 1. The SMILES string of the molecule is Cn1nc(C(=O)N2CCCCC2)cc1-c1ccccc1. The zero-order valence-corrected chi connectivity index (χ0v) is 11.7. The van der Waals surface area contributed by atoms with Crippen LogP contribution in [0.25, 0.3) is 11.3 Å². The molecule has 3 rings (SSSR count). The largest absolute Gasteiger partial charge is 0.337 e. The predicted molar refractivity (Wildman–Crippen MR) is 78.4 cm³/mol. The summed E-state index contributed by atoms with van der Waals surface area (Å²) in [6.45, 7) is 1.71. The first-order chi connectivity index (χ1) is 9.75. The number of carbonyl (C=O) groups is 1. The Morgan fingerprint density at radius 2 is 1.80 bits per heavy atom. The topological polar surface area (TPSA) is 38.1 Å². The van der Waals surface area contributed by atoms with Crippen molar-refractivity contribution in [1.82, 2.24) is 14.7 Å². The van der Waals surface area contributed by atoms with Crippen molar-refractivity contribution in [3.63, 3.8) is 0 Å². The van der Waals surface area contributed by atoms with Gasteiger partial charge in [0, 0.05) is 20.1 Å². The molecule has 1 fully saturated rings. The number of nitrogens with zero attached hydrogens (tertiary/aromatic N) is 3. The van der Waals surface area contributed by atoms with Gasteiger partial charge in [0.1, 0.15) is 0 Å². The Hall–Kier alpha value is -2.10. The van der Waals surface area contributed by atoms with Crippen molar-refractivity contribution in [3.05, 3.63) is 42.1 Å². The molecule has 0 unspecified atom stereocenters. The zero-order valence-electron chi connectivity index (χ0n) is 11.7. The molecule has 0 N–H and O–H groups in total. The first-order valence-electron chi connectivity index (χ1n) is 7.14. The smallest absolute Gasteiger partial charge is 0.274 e. The van der Waals surface area contributed by atoms with Crippen LogP contribution in [-0.4, -0.2) is 33.7 Å². The minimum absolute atomic E-state index is 0.0579. The van der Waals surface area contributed by atoms with Crippen LogP contribution in [0.15, 0.2) is 36.4 Å². The summed E-state index contributed by atoms with van der Waals surface area (Å²) >= 11 is 0. The van der Waals surface area contributed by atoms with E-state index in [9.17, 15) is 4.79 Å². The Morgan fingerprint density at radius 3 is 2.50 bits per heavy atom. The maximum Gasteiger partial charge on any atom is 0.274 e. The van der Waals surface area contributed by atoms with Crippen LogP contribution in [0, 0.1) is 0 Å². The van der Waals surface area contributed by atoms with Gasteiger partial charge in [-0.1, -0.05) is 30.3 Å². The standard InChI is InChI=1S/C16H19N3O/c1-18-15(13-8-4-2-5-9-13)12-14(17-18)16(20)19-10-6-3-7-11-19/h2,4-5,8-9,12H,3,6-7,10-11H2,1H3. The van der Waals surface area contributed by atoms with E-state index in [1.54, 1.807) is 4.68 Å². The van der Waals surface area contributed by atoms with Crippen LogP contribution < -0.4 is 0 Å². The molecule has 1 amide bonds. The molecule has 4 heteroatoms. The lowest BCUT2D eigenvalue weighted by Crippen LogP contribution is -2.35. The van der Waals surface area contributed by atoms with E-state index in [0.29, 0.717) is 5.69 Å². The lowest BCUT2D eigenvalue weighted by molar-refractivity contribution is 0.0717. The Morgan fingerprint density at radius 1 is 1.10 bits per heavy atom. The molecule has 1 aromatic carbocycles. The average Bonchev–Trinajstić information content (AvgIpc) is 2.90. The first kappa shape index (κ1) is 12.9. The Labute approximate surface area is 119 Å². The van der Waals surface area contributed by atoms with E-state index in [4.69, 9.17) is 0 Å². The monoisotopic (exact) mass is 269 g/mol. The molecule has 2 heterocycles. The quantitative estimate of drug-likeness (QED) is 0.840. The molecule has 1 aromatic heterocycles. The highest BCUT2D eigenvalue weighted by Gasteiger charge is 2.21. The van der Waals surface area contributed by atoms with Gasteiger partial charge in [-0.3, -0.25) is 9.48 Å². The fraction of sp³-hybridized carbons (Fsp3) is 0.375. The Kier molecular flexibility index (Phi) is 3.54. The van der Waals surface area contributed by atoms with E-state index in [0.717, 1.165) is 37.2 Å². The highest BCUT2D eigenvalue weighted by atomic mass is 16.2. The molecule has 1 aliphatic heterocycles. The van der Waals surface area contributed by atoms with Gasteiger partial charge in [0.05, 0.1) is 5.69 Å². The summed E-state index contributed by atoms with van der Waals surface area (Å²) in [5.74, 6) is 0.0579. The minimum atomic E-state index is 0.0579. The van der Waals surface area contributed by atoms with Crippen molar-refractivity contribution in [2.24, 2.45) is 7.05 Å². The maximum atomic E-state index is 12.4. The fourth-order valence-corrected chi connectivity index (χ4v) is 2.71. The number of piperidine rings is 1. The summed E-state index contributed by atoms with van der Waals surface area (Å²) in [5, 5.41) is 4.39. The van der Waals surface area contributed by atoms with Crippen LogP contribution in [0.5, 0.6) is 0 Å². The van der Waals surface area contributed by atoms with Crippen molar-refractivity contribution >= 4 is 5.91 Å². The van der Waals surface area contributed by atoms with E-state index in [1.165, 1.54) is 6.42 Å².